The first kappa shape index (κ1) is 16.0. The quantitative estimate of drug-likeness (QED) is 0.909. The number of thiazole rings is 1. The molecule has 6 nitrogen and oxygen atoms in total. The van der Waals surface area contributed by atoms with Gasteiger partial charge in [-0.25, -0.2) is 4.98 Å². The number of hydrogen-bond donors (Lipinski definition) is 1. The van der Waals surface area contributed by atoms with Gasteiger partial charge in [-0.3, -0.25) is 9.69 Å². The fraction of sp³-hybridized carbons (Fsp3) is 0.714. The number of carbonyl (C=O) groups excluding carboxylic acids is 1. The highest BCUT2D eigenvalue weighted by atomic mass is 32.1. The SMILES string of the molecule is CCN(C)c1nc(N)c(C(=O)N2CCN(C(C)C)CC2)s1. The summed E-state index contributed by atoms with van der Waals surface area (Å²) >= 11 is 1.39. The highest BCUT2D eigenvalue weighted by molar-refractivity contribution is 7.18. The molecule has 1 aromatic rings. The molecule has 0 saturated carbocycles. The second-order valence-electron chi connectivity index (χ2n) is 5.65. The van der Waals surface area contributed by atoms with Crippen molar-refractivity contribution >= 4 is 28.2 Å². The topological polar surface area (TPSA) is 65.7 Å². The summed E-state index contributed by atoms with van der Waals surface area (Å²) in [7, 11) is 1.95. The van der Waals surface area contributed by atoms with Crippen molar-refractivity contribution in [2.24, 2.45) is 0 Å². The van der Waals surface area contributed by atoms with Gasteiger partial charge in [0, 0.05) is 45.8 Å². The van der Waals surface area contributed by atoms with Gasteiger partial charge >= 0.3 is 0 Å². The van der Waals surface area contributed by atoms with Crippen molar-refractivity contribution in [2.75, 3.05) is 50.4 Å². The Bertz CT molecular complexity index is 494. The monoisotopic (exact) mass is 311 g/mol. The Hall–Kier alpha value is -1.34. The van der Waals surface area contributed by atoms with E-state index in [1.54, 1.807) is 0 Å². The van der Waals surface area contributed by atoms with Crippen molar-refractivity contribution < 1.29 is 4.79 Å². The van der Waals surface area contributed by atoms with Crippen LogP contribution in [0, 0.1) is 0 Å². The maximum atomic E-state index is 12.6. The normalized spacial score (nSPS) is 16.5. The number of rotatable bonds is 4. The van der Waals surface area contributed by atoms with Crippen molar-refractivity contribution in [3.05, 3.63) is 4.88 Å². The summed E-state index contributed by atoms with van der Waals surface area (Å²) < 4.78 is 0. The van der Waals surface area contributed by atoms with Crippen molar-refractivity contribution in [1.82, 2.24) is 14.8 Å². The predicted molar refractivity (Wildman–Crippen MR) is 88.1 cm³/mol. The minimum Gasteiger partial charge on any atom is -0.382 e. The number of amides is 1. The summed E-state index contributed by atoms with van der Waals surface area (Å²) in [6.45, 7) is 10.6. The van der Waals surface area contributed by atoms with Gasteiger partial charge in [0.25, 0.3) is 5.91 Å². The molecule has 118 valence electrons. The van der Waals surface area contributed by atoms with Gasteiger partial charge in [-0.1, -0.05) is 11.3 Å². The fourth-order valence-corrected chi connectivity index (χ4v) is 3.34. The first-order chi connectivity index (χ1) is 9.93. The lowest BCUT2D eigenvalue weighted by Crippen LogP contribution is -2.50. The molecule has 1 aliphatic rings. The van der Waals surface area contributed by atoms with E-state index in [9.17, 15) is 4.79 Å². The van der Waals surface area contributed by atoms with Crippen LogP contribution in [0.2, 0.25) is 0 Å². The Labute approximate surface area is 130 Å². The minimum atomic E-state index is 0.0177. The number of anilines is 2. The fourth-order valence-electron chi connectivity index (χ4n) is 2.36. The third-order valence-corrected chi connectivity index (χ3v) is 5.14. The third-order valence-electron chi connectivity index (χ3n) is 3.97. The van der Waals surface area contributed by atoms with Crippen LogP contribution in [0.3, 0.4) is 0 Å². The van der Waals surface area contributed by atoms with Crippen molar-refractivity contribution in [1.29, 1.82) is 0 Å². The van der Waals surface area contributed by atoms with E-state index in [4.69, 9.17) is 5.73 Å². The summed E-state index contributed by atoms with van der Waals surface area (Å²) in [4.78, 5) is 23.7. The Balaban J connectivity index is 2.06. The summed E-state index contributed by atoms with van der Waals surface area (Å²) in [6, 6.07) is 0.528. The standard InChI is InChI=1S/C14H25N5OS/c1-5-17(4)14-16-12(15)11(21-14)13(20)19-8-6-18(7-9-19)10(2)3/h10H,5-9,15H2,1-4H3. The predicted octanol–water partition coefficient (Wildman–Crippen LogP) is 1.35. The summed E-state index contributed by atoms with van der Waals surface area (Å²) in [6.07, 6.45) is 0. The van der Waals surface area contributed by atoms with Gasteiger partial charge in [-0.15, -0.1) is 0 Å². The van der Waals surface area contributed by atoms with Crippen LogP contribution in [0.1, 0.15) is 30.4 Å². The number of hydrogen-bond acceptors (Lipinski definition) is 6. The molecule has 7 heteroatoms. The van der Waals surface area contributed by atoms with Crippen molar-refractivity contribution in [2.45, 2.75) is 26.8 Å². The smallest absolute Gasteiger partial charge is 0.267 e. The average Bonchev–Trinajstić information content (AvgIpc) is 2.87. The lowest BCUT2D eigenvalue weighted by molar-refractivity contribution is 0.0601. The van der Waals surface area contributed by atoms with Crippen LogP contribution < -0.4 is 10.6 Å². The molecule has 1 aliphatic heterocycles. The van der Waals surface area contributed by atoms with Crippen LogP contribution in [0.25, 0.3) is 0 Å². The van der Waals surface area contributed by atoms with E-state index in [2.05, 4.69) is 23.7 Å². The maximum absolute atomic E-state index is 12.6. The van der Waals surface area contributed by atoms with Gasteiger partial charge in [0.2, 0.25) is 0 Å². The number of nitrogen functional groups attached to an aromatic ring is 1. The first-order valence-corrected chi connectivity index (χ1v) is 8.26. The number of nitrogens with zero attached hydrogens (tertiary/aromatic N) is 4. The maximum Gasteiger partial charge on any atom is 0.267 e. The van der Waals surface area contributed by atoms with E-state index in [1.165, 1.54) is 11.3 Å². The molecule has 2 rings (SSSR count). The second kappa shape index (κ2) is 6.62. The molecule has 2 N–H and O–H groups in total. The Morgan fingerprint density at radius 3 is 2.52 bits per heavy atom. The number of carbonyl (C=O) groups is 1. The lowest BCUT2D eigenvalue weighted by Gasteiger charge is -2.36. The van der Waals surface area contributed by atoms with Gasteiger partial charge in [0.1, 0.15) is 10.7 Å². The molecule has 0 aromatic carbocycles. The minimum absolute atomic E-state index is 0.0177. The third kappa shape index (κ3) is 3.47. The van der Waals surface area contributed by atoms with E-state index in [0.29, 0.717) is 16.7 Å². The van der Waals surface area contributed by atoms with Crippen molar-refractivity contribution in [3.63, 3.8) is 0 Å². The molecule has 1 amide bonds. The van der Waals surface area contributed by atoms with E-state index in [0.717, 1.165) is 37.9 Å². The first-order valence-electron chi connectivity index (χ1n) is 7.44. The molecule has 0 spiro atoms. The van der Waals surface area contributed by atoms with E-state index in [1.807, 2.05) is 23.8 Å². The van der Waals surface area contributed by atoms with Crippen LogP contribution in [-0.4, -0.2) is 66.5 Å². The molecule has 0 unspecified atom stereocenters. The molecular weight excluding hydrogens is 286 g/mol. The molecule has 2 heterocycles. The van der Waals surface area contributed by atoms with Gasteiger partial charge in [0.15, 0.2) is 5.13 Å². The molecule has 1 aromatic heterocycles. The number of nitrogens with two attached hydrogens (primary N) is 1. The molecule has 0 atom stereocenters. The van der Waals surface area contributed by atoms with E-state index in [-0.39, 0.29) is 5.91 Å². The largest absolute Gasteiger partial charge is 0.382 e. The van der Waals surface area contributed by atoms with Gasteiger partial charge in [0.05, 0.1) is 0 Å². The molecular formula is C14H25N5OS. The number of piperazine rings is 1. The highest BCUT2D eigenvalue weighted by Gasteiger charge is 2.27. The lowest BCUT2D eigenvalue weighted by atomic mass is 10.2. The summed E-state index contributed by atoms with van der Waals surface area (Å²) in [5, 5.41) is 0.805. The molecule has 0 aliphatic carbocycles. The Kier molecular flexibility index (Phi) is 5.05. The zero-order chi connectivity index (χ0) is 15.6. The number of aromatic nitrogens is 1. The molecule has 1 fully saturated rings. The van der Waals surface area contributed by atoms with Gasteiger partial charge < -0.3 is 15.5 Å². The second-order valence-corrected chi connectivity index (χ2v) is 6.62. The van der Waals surface area contributed by atoms with Crippen molar-refractivity contribution in [3.8, 4) is 0 Å². The van der Waals surface area contributed by atoms with Crippen LogP contribution >= 0.6 is 11.3 Å². The summed E-state index contributed by atoms with van der Waals surface area (Å²) in [5.41, 5.74) is 5.93. The van der Waals surface area contributed by atoms with Gasteiger partial charge in [-0.05, 0) is 20.8 Å². The van der Waals surface area contributed by atoms with E-state index < -0.39 is 0 Å². The van der Waals surface area contributed by atoms with Crippen LogP contribution in [-0.2, 0) is 0 Å². The highest BCUT2D eigenvalue weighted by Crippen LogP contribution is 2.28. The molecule has 1 saturated heterocycles. The Morgan fingerprint density at radius 2 is 2.00 bits per heavy atom. The summed E-state index contributed by atoms with van der Waals surface area (Å²) in [5.74, 6) is 0.371. The van der Waals surface area contributed by atoms with Crippen LogP contribution in [0.5, 0.6) is 0 Å². The van der Waals surface area contributed by atoms with Gasteiger partial charge in [-0.2, -0.15) is 0 Å². The Morgan fingerprint density at radius 1 is 1.38 bits per heavy atom. The zero-order valence-corrected chi connectivity index (χ0v) is 14.1. The molecule has 0 radical (unpaired) electrons. The van der Waals surface area contributed by atoms with Crippen LogP contribution in [0.15, 0.2) is 0 Å². The van der Waals surface area contributed by atoms with E-state index >= 15 is 0 Å². The molecule has 0 bridgehead atoms. The molecule has 21 heavy (non-hydrogen) atoms. The zero-order valence-electron chi connectivity index (χ0n) is 13.3. The average molecular weight is 311 g/mol. The van der Waals surface area contributed by atoms with Crippen LogP contribution in [0.4, 0.5) is 10.9 Å².